The van der Waals surface area contributed by atoms with Gasteiger partial charge in [0.05, 0.1) is 17.5 Å². The summed E-state index contributed by atoms with van der Waals surface area (Å²) in [5.74, 6) is -1.50. The van der Waals surface area contributed by atoms with Crippen LogP contribution in [0.4, 0.5) is 0 Å². The van der Waals surface area contributed by atoms with Crippen LogP contribution in [0.1, 0.15) is 23.7 Å². The number of carboxylic acid groups (broad SMARTS) is 1. The van der Waals surface area contributed by atoms with E-state index in [1.165, 1.54) is 6.20 Å². The quantitative estimate of drug-likeness (QED) is 0.772. The third-order valence-corrected chi connectivity index (χ3v) is 2.96. The van der Waals surface area contributed by atoms with Gasteiger partial charge in [-0.3, -0.25) is 9.89 Å². The van der Waals surface area contributed by atoms with Crippen LogP contribution in [0.3, 0.4) is 0 Å². The number of rotatable bonds is 5. The molecule has 20 heavy (non-hydrogen) atoms. The maximum absolute atomic E-state index is 12.1. The van der Waals surface area contributed by atoms with Crippen LogP contribution in [0, 0.1) is 0 Å². The van der Waals surface area contributed by atoms with Crippen molar-refractivity contribution in [3.63, 3.8) is 0 Å². The number of carbonyl (C=O) groups is 2. The first-order chi connectivity index (χ1) is 9.63. The predicted molar refractivity (Wildman–Crippen MR) is 73.2 cm³/mol. The molecule has 2 aromatic rings. The van der Waals surface area contributed by atoms with E-state index >= 15 is 0 Å². The topological polar surface area (TPSA) is 95.1 Å². The number of hydrogen-bond donors (Lipinski definition) is 3. The van der Waals surface area contributed by atoms with Crippen molar-refractivity contribution in [3.05, 3.63) is 42.1 Å². The van der Waals surface area contributed by atoms with Crippen molar-refractivity contribution in [3.8, 4) is 11.3 Å². The number of hydrogen-bond acceptors (Lipinski definition) is 3. The summed E-state index contributed by atoms with van der Waals surface area (Å²) >= 11 is 0. The highest BCUT2D eigenvalue weighted by Gasteiger charge is 2.21. The molecule has 1 atom stereocenters. The molecular formula is C14H15N3O3. The molecule has 1 aromatic carbocycles. The molecule has 0 spiro atoms. The maximum atomic E-state index is 12.1. The van der Waals surface area contributed by atoms with E-state index in [1.54, 1.807) is 6.92 Å². The third kappa shape index (κ3) is 2.85. The summed E-state index contributed by atoms with van der Waals surface area (Å²) in [5, 5.41) is 18.1. The zero-order valence-corrected chi connectivity index (χ0v) is 11.0. The summed E-state index contributed by atoms with van der Waals surface area (Å²) in [6.45, 7) is 1.70. The van der Waals surface area contributed by atoms with Gasteiger partial charge in [-0.25, -0.2) is 4.79 Å². The van der Waals surface area contributed by atoms with Crippen molar-refractivity contribution in [1.29, 1.82) is 0 Å². The molecule has 1 aromatic heterocycles. The Labute approximate surface area is 115 Å². The second kappa shape index (κ2) is 6.01. The third-order valence-electron chi connectivity index (χ3n) is 2.96. The lowest BCUT2D eigenvalue weighted by molar-refractivity contribution is -0.139. The summed E-state index contributed by atoms with van der Waals surface area (Å²) in [5.41, 5.74) is 1.72. The van der Waals surface area contributed by atoms with E-state index in [9.17, 15) is 9.59 Å². The molecule has 0 aliphatic carbocycles. The molecule has 1 amide bonds. The minimum atomic E-state index is -1.05. The van der Waals surface area contributed by atoms with Gasteiger partial charge in [0, 0.05) is 5.56 Å². The van der Waals surface area contributed by atoms with Gasteiger partial charge in [-0.15, -0.1) is 0 Å². The predicted octanol–water partition coefficient (Wildman–Crippen LogP) is 1.67. The SMILES string of the molecule is CC[C@H](NC(=O)c1cn[nH]c1-c1ccccc1)C(=O)O. The number of aromatic amines is 1. The zero-order chi connectivity index (χ0) is 14.5. The van der Waals surface area contributed by atoms with E-state index in [4.69, 9.17) is 5.11 Å². The van der Waals surface area contributed by atoms with Crippen LogP contribution in [0.15, 0.2) is 36.5 Å². The Morgan fingerprint density at radius 3 is 2.65 bits per heavy atom. The fourth-order valence-electron chi connectivity index (χ4n) is 1.86. The van der Waals surface area contributed by atoms with Gasteiger partial charge in [0.15, 0.2) is 0 Å². The van der Waals surface area contributed by atoms with Crippen LogP contribution >= 0.6 is 0 Å². The average Bonchev–Trinajstić information content (AvgIpc) is 2.94. The van der Waals surface area contributed by atoms with Crippen LogP contribution in [-0.2, 0) is 4.79 Å². The number of H-pyrrole nitrogens is 1. The second-order valence-electron chi connectivity index (χ2n) is 4.30. The van der Waals surface area contributed by atoms with E-state index in [0.717, 1.165) is 5.56 Å². The Hall–Kier alpha value is -2.63. The molecule has 0 fully saturated rings. The minimum Gasteiger partial charge on any atom is -0.480 e. The molecule has 0 saturated heterocycles. The van der Waals surface area contributed by atoms with Crippen molar-refractivity contribution in [2.24, 2.45) is 0 Å². The first kappa shape index (κ1) is 13.8. The number of carboxylic acids is 1. The number of nitrogens with one attached hydrogen (secondary N) is 2. The zero-order valence-electron chi connectivity index (χ0n) is 11.0. The summed E-state index contributed by atoms with van der Waals surface area (Å²) in [4.78, 5) is 23.1. The van der Waals surface area contributed by atoms with Gasteiger partial charge >= 0.3 is 5.97 Å². The Morgan fingerprint density at radius 2 is 2.05 bits per heavy atom. The molecule has 0 saturated carbocycles. The maximum Gasteiger partial charge on any atom is 0.326 e. The first-order valence-corrected chi connectivity index (χ1v) is 6.26. The fourth-order valence-corrected chi connectivity index (χ4v) is 1.86. The fraction of sp³-hybridized carbons (Fsp3) is 0.214. The second-order valence-corrected chi connectivity index (χ2v) is 4.30. The molecule has 6 nitrogen and oxygen atoms in total. The summed E-state index contributed by atoms with van der Waals surface area (Å²) < 4.78 is 0. The van der Waals surface area contributed by atoms with Crippen molar-refractivity contribution < 1.29 is 14.7 Å². The summed E-state index contributed by atoms with van der Waals surface area (Å²) in [6.07, 6.45) is 1.71. The lowest BCUT2D eigenvalue weighted by Crippen LogP contribution is -2.40. The van der Waals surface area contributed by atoms with E-state index in [0.29, 0.717) is 17.7 Å². The standard InChI is InChI=1S/C14H15N3O3/c1-2-11(14(19)20)16-13(18)10-8-15-17-12(10)9-6-4-3-5-7-9/h3-8,11H,2H2,1H3,(H,15,17)(H,16,18)(H,19,20)/t11-/m0/s1. The van der Waals surface area contributed by atoms with E-state index in [-0.39, 0.29) is 0 Å². The Morgan fingerprint density at radius 1 is 1.35 bits per heavy atom. The molecule has 0 unspecified atom stereocenters. The minimum absolute atomic E-state index is 0.319. The van der Waals surface area contributed by atoms with Crippen LogP contribution in [0.25, 0.3) is 11.3 Å². The first-order valence-electron chi connectivity index (χ1n) is 6.26. The van der Waals surface area contributed by atoms with Gasteiger partial charge in [-0.05, 0) is 6.42 Å². The van der Waals surface area contributed by atoms with Crippen molar-refractivity contribution in [2.75, 3.05) is 0 Å². The molecule has 1 heterocycles. The van der Waals surface area contributed by atoms with Crippen LogP contribution in [-0.4, -0.2) is 33.2 Å². The van der Waals surface area contributed by atoms with E-state index in [2.05, 4.69) is 15.5 Å². The van der Waals surface area contributed by atoms with Gasteiger partial charge in [0.2, 0.25) is 0 Å². The highest BCUT2D eigenvalue weighted by Crippen LogP contribution is 2.20. The molecule has 2 rings (SSSR count). The number of benzene rings is 1. The average molecular weight is 273 g/mol. The molecular weight excluding hydrogens is 258 g/mol. The smallest absolute Gasteiger partial charge is 0.326 e. The van der Waals surface area contributed by atoms with Crippen LogP contribution in [0.5, 0.6) is 0 Å². The Kier molecular flexibility index (Phi) is 4.14. The van der Waals surface area contributed by atoms with Gasteiger partial charge in [0.25, 0.3) is 5.91 Å². The number of amides is 1. The lowest BCUT2D eigenvalue weighted by atomic mass is 10.1. The molecule has 0 aliphatic rings. The highest BCUT2D eigenvalue weighted by molar-refractivity contribution is 6.01. The Bertz CT molecular complexity index is 607. The van der Waals surface area contributed by atoms with Crippen molar-refractivity contribution in [2.45, 2.75) is 19.4 Å². The molecule has 6 heteroatoms. The van der Waals surface area contributed by atoms with Gasteiger partial charge < -0.3 is 10.4 Å². The van der Waals surface area contributed by atoms with Gasteiger partial charge in [0.1, 0.15) is 6.04 Å². The highest BCUT2D eigenvalue weighted by atomic mass is 16.4. The monoisotopic (exact) mass is 273 g/mol. The largest absolute Gasteiger partial charge is 0.480 e. The van der Waals surface area contributed by atoms with Crippen molar-refractivity contribution >= 4 is 11.9 Å². The number of nitrogens with zero attached hydrogens (tertiary/aromatic N) is 1. The lowest BCUT2D eigenvalue weighted by Gasteiger charge is -2.12. The van der Waals surface area contributed by atoms with E-state index in [1.807, 2.05) is 30.3 Å². The van der Waals surface area contributed by atoms with Crippen LogP contribution < -0.4 is 5.32 Å². The number of aromatic nitrogens is 2. The molecule has 0 aliphatic heterocycles. The van der Waals surface area contributed by atoms with Gasteiger partial charge in [-0.1, -0.05) is 37.3 Å². The van der Waals surface area contributed by atoms with Crippen LogP contribution in [0.2, 0.25) is 0 Å². The summed E-state index contributed by atoms with van der Waals surface area (Å²) in [7, 11) is 0. The molecule has 0 radical (unpaired) electrons. The van der Waals surface area contributed by atoms with Crippen molar-refractivity contribution in [1.82, 2.24) is 15.5 Å². The molecule has 3 N–H and O–H groups in total. The number of aliphatic carboxylic acids is 1. The summed E-state index contributed by atoms with van der Waals surface area (Å²) in [6, 6.07) is 8.36. The van der Waals surface area contributed by atoms with E-state index < -0.39 is 17.9 Å². The number of carbonyl (C=O) groups excluding carboxylic acids is 1. The van der Waals surface area contributed by atoms with Gasteiger partial charge in [-0.2, -0.15) is 5.10 Å². The Balaban J connectivity index is 2.24. The molecule has 104 valence electrons. The molecule has 0 bridgehead atoms. The normalized spacial score (nSPS) is 11.8.